The van der Waals surface area contributed by atoms with Crippen LogP contribution in [0.25, 0.3) is 0 Å². The molecule has 0 aliphatic rings. The van der Waals surface area contributed by atoms with E-state index in [1.165, 1.54) is 0 Å². The Labute approximate surface area is 149 Å². The summed E-state index contributed by atoms with van der Waals surface area (Å²) in [5.74, 6) is -0.148. The molecule has 0 heterocycles. The van der Waals surface area contributed by atoms with Crippen LogP contribution in [0.1, 0.15) is 36.5 Å². The molecule has 2 aromatic carbocycles. The average Bonchev–Trinajstić information content (AvgIpc) is 2.53. The van der Waals surface area contributed by atoms with Crippen molar-refractivity contribution in [1.82, 2.24) is 4.72 Å². The summed E-state index contributed by atoms with van der Waals surface area (Å²) in [4.78, 5) is 12.4. The number of nitrogens with one attached hydrogen (secondary N) is 2. The maximum Gasteiger partial charge on any atom is 0.241 e. The highest BCUT2D eigenvalue weighted by Gasteiger charge is 2.18. The second kappa shape index (κ2) is 7.80. The van der Waals surface area contributed by atoms with Gasteiger partial charge in [-0.2, -0.15) is 0 Å². The summed E-state index contributed by atoms with van der Waals surface area (Å²) in [5, 5.41) is 2.77. The Kier molecular flexibility index (Phi) is 5.98. The van der Waals surface area contributed by atoms with Gasteiger partial charge in [-0.1, -0.05) is 49.7 Å². The molecule has 0 spiro atoms. The van der Waals surface area contributed by atoms with Gasteiger partial charge in [-0.15, -0.1) is 0 Å². The minimum Gasteiger partial charge on any atom is -0.325 e. The lowest BCUT2D eigenvalue weighted by molar-refractivity contribution is -0.115. The SMILES string of the molecule is Cc1ccc(S(=O)(=O)NCC(=O)Nc2ccccc2C(C)C)c(C)c1. The van der Waals surface area contributed by atoms with E-state index in [1.54, 1.807) is 25.1 Å². The molecule has 2 N–H and O–H groups in total. The quantitative estimate of drug-likeness (QED) is 0.829. The number of hydrogen-bond acceptors (Lipinski definition) is 3. The number of rotatable bonds is 6. The van der Waals surface area contributed by atoms with E-state index < -0.39 is 15.9 Å². The monoisotopic (exact) mass is 360 g/mol. The maximum atomic E-state index is 12.4. The molecule has 25 heavy (non-hydrogen) atoms. The van der Waals surface area contributed by atoms with Gasteiger partial charge in [-0.25, -0.2) is 13.1 Å². The highest BCUT2D eigenvalue weighted by molar-refractivity contribution is 7.89. The number of aryl methyl sites for hydroxylation is 2. The minimum atomic E-state index is -3.73. The Hall–Kier alpha value is -2.18. The number of sulfonamides is 1. The summed E-state index contributed by atoms with van der Waals surface area (Å²) >= 11 is 0. The van der Waals surface area contributed by atoms with E-state index in [0.717, 1.165) is 11.1 Å². The van der Waals surface area contributed by atoms with Crippen molar-refractivity contribution in [1.29, 1.82) is 0 Å². The van der Waals surface area contributed by atoms with Crippen LogP contribution >= 0.6 is 0 Å². The standard InChI is InChI=1S/C19H24N2O3S/c1-13(2)16-7-5-6-8-17(16)21-19(22)12-20-25(23,24)18-10-9-14(3)11-15(18)4/h5-11,13,20H,12H2,1-4H3,(H,21,22). The Balaban J connectivity index is 2.07. The number of para-hydroxylation sites is 1. The van der Waals surface area contributed by atoms with Crippen molar-refractivity contribution in [3.63, 3.8) is 0 Å². The van der Waals surface area contributed by atoms with E-state index >= 15 is 0 Å². The van der Waals surface area contributed by atoms with Crippen molar-refractivity contribution >= 4 is 21.6 Å². The van der Waals surface area contributed by atoms with Gasteiger partial charge < -0.3 is 5.32 Å². The topological polar surface area (TPSA) is 75.3 Å². The third kappa shape index (κ3) is 4.90. The molecule has 0 saturated heterocycles. The molecule has 0 atom stereocenters. The smallest absolute Gasteiger partial charge is 0.241 e. The molecule has 0 bridgehead atoms. The second-order valence-corrected chi connectivity index (χ2v) is 8.12. The zero-order valence-electron chi connectivity index (χ0n) is 15.0. The highest BCUT2D eigenvalue weighted by Crippen LogP contribution is 2.23. The van der Waals surface area contributed by atoms with Crippen molar-refractivity contribution < 1.29 is 13.2 Å². The predicted octanol–water partition coefficient (Wildman–Crippen LogP) is 3.34. The normalized spacial score (nSPS) is 11.6. The zero-order valence-corrected chi connectivity index (χ0v) is 15.8. The summed E-state index contributed by atoms with van der Waals surface area (Å²) in [6.07, 6.45) is 0. The number of benzene rings is 2. The number of amides is 1. The van der Waals surface area contributed by atoms with E-state index in [1.807, 2.05) is 45.0 Å². The van der Waals surface area contributed by atoms with Gasteiger partial charge in [-0.05, 0) is 43.0 Å². The summed E-state index contributed by atoms with van der Waals surface area (Å²) < 4.78 is 27.2. The van der Waals surface area contributed by atoms with E-state index in [0.29, 0.717) is 11.3 Å². The summed E-state index contributed by atoms with van der Waals surface area (Å²) in [6, 6.07) is 12.6. The van der Waals surface area contributed by atoms with E-state index in [9.17, 15) is 13.2 Å². The molecule has 0 radical (unpaired) electrons. The molecule has 5 nitrogen and oxygen atoms in total. The first-order valence-corrected chi connectivity index (χ1v) is 9.64. The number of carbonyl (C=O) groups is 1. The zero-order chi connectivity index (χ0) is 18.6. The lowest BCUT2D eigenvalue weighted by atomic mass is 10.0. The number of anilines is 1. The molecule has 2 rings (SSSR count). The number of carbonyl (C=O) groups excluding carboxylic acids is 1. The predicted molar refractivity (Wildman–Crippen MR) is 100 cm³/mol. The van der Waals surface area contributed by atoms with Crippen molar-refractivity contribution in [2.24, 2.45) is 0 Å². The van der Waals surface area contributed by atoms with Gasteiger partial charge in [0, 0.05) is 5.69 Å². The van der Waals surface area contributed by atoms with E-state index in [2.05, 4.69) is 10.0 Å². The van der Waals surface area contributed by atoms with E-state index in [4.69, 9.17) is 0 Å². The third-order valence-electron chi connectivity index (χ3n) is 3.90. The second-order valence-electron chi connectivity index (χ2n) is 6.38. The first-order valence-electron chi connectivity index (χ1n) is 8.16. The molecule has 6 heteroatoms. The Morgan fingerprint density at radius 2 is 1.76 bits per heavy atom. The van der Waals surface area contributed by atoms with Crippen LogP contribution in [0.5, 0.6) is 0 Å². The maximum absolute atomic E-state index is 12.4. The summed E-state index contributed by atoms with van der Waals surface area (Å²) in [5.41, 5.74) is 3.35. The molecule has 0 saturated carbocycles. The van der Waals surface area contributed by atoms with Crippen molar-refractivity contribution in [2.75, 3.05) is 11.9 Å². The molecule has 0 aromatic heterocycles. The molecular weight excluding hydrogens is 336 g/mol. The van der Waals surface area contributed by atoms with Crippen molar-refractivity contribution in [2.45, 2.75) is 38.5 Å². The number of hydrogen-bond donors (Lipinski definition) is 2. The fourth-order valence-corrected chi connectivity index (χ4v) is 3.85. The van der Waals surface area contributed by atoms with Crippen LogP contribution in [0.15, 0.2) is 47.4 Å². The van der Waals surface area contributed by atoms with Crippen molar-refractivity contribution in [3.8, 4) is 0 Å². The highest BCUT2D eigenvalue weighted by atomic mass is 32.2. The Morgan fingerprint density at radius 1 is 1.08 bits per heavy atom. The van der Waals surface area contributed by atoms with Crippen LogP contribution in [0.4, 0.5) is 5.69 Å². The summed E-state index contributed by atoms with van der Waals surface area (Å²) in [6.45, 7) is 7.39. The third-order valence-corrected chi connectivity index (χ3v) is 5.46. The lowest BCUT2D eigenvalue weighted by Gasteiger charge is -2.14. The van der Waals surface area contributed by atoms with Crippen LogP contribution in [-0.2, 0) is 14.8 Å². The molecule has 0 aliphatic carbocycles. The Morgan fingerprint density at radius 3 is 2.40 bits per heavy atom. The van der Waals surface area contributed by atoms with Gasteiger partial charge in [-0.3, -0.25) is 4.79 Å². The average molecular weight is 360 g/mol. The first kappa shape index (κ1) is 19.1. The molecule has 134 valence electrons. The van der Waals surface area contributed by atoms with Crippen LogP contribution in [-0.4, -0.2) is 20.9 Å². The molecule has 1 amide bonds. The van der Waals surface area contributed by atoms with Gasteiger partial charge in [0.2, 0.25) is 15.9 Å². The Bertz CT molecular complexity index is 874. The van der Waals surface area contributed by atoms with Crippen LogP contribution in [0, 0.1) is 13.8 Å². The fourth-order valence-electron chi connectivity index (χ4n) is 2.65. The fraction of sp³-hybridized carbons (Fsp3) is 0.316. The van der Waals surface area contributed by atoms with Gasteiger partial charge in [0.15, 0.2) is 0 Å². The molecule has 0 fully saturated rings. The summed E-state index contributed by atoms with van der Waals surface area (Å²) in [7, 11) is -3.73. The minimum absolute atomic E-state index is 0.188. The molecule has 0 unspecified atom stereocenters. The molecule has 2 aromatic rings. The largest absolute Gasteiger partial charge is 0.325 e. The van der Waals surface area contributed by atoms with Gasteiger partial charge in [0.25, 0.3) is 0 Å². The van der Waals surface area contributed by atoms with Gasteiger partial charge >= 0.3 is 0 Å². The van der Waals surface area contributed by atoms with Crippen LogP contribution in [0.3, 0.4) is 0 Å². The van der Waals surface area contributed by atoms with Crippen molar-refractivity contribution in [3.05, 3.63) is 59.2 Å². The van der Waals surface area contributed by atoms with Crippen LogP contribution in [0.2, 0.25) is 0 Å². The lowest BCUT2D eigenvalue weighted by Crippen LogP contribution is -2.33. The van der Waals surface area contributed by atoms with Crippen LogP contribution < -0.4 is 10.0 Å². The first-order chi connectivity index (χ1) is 11.7. The van der Waals surface area contributed by atoms with Gasteiger partial charge in [0.1, 0.15) is 0 Å². The molecular formula is C19H24N2O3S. The molecule has 0 aliphatic heterocycles. The van der Waals surface area contributed by atoms with Gasteiger partial charge in [0.05, 0.1) is 11.4 Å². The van der Waals surface area contributed by atoms with E-state index in [-0.39, 0.29) is 17.4 Å².